The topological polar surface area (TPSA) is 49.5 Å². The number of likely N-dealkylation sites (tertiary alicyclic amines) is 1. The van der Waals surface area contributed by atoms with E-state index in [0.29, 0.717) is 6.54 Å². The number of hydrogen-bond donors (Lipinski definition) is 2. The Kier molecular flexibility index (Phi) is 4.97. The van der Waals surface area contributed by atoms with E-state index >= 15 is 0 Å². The summed E-state index contributed by atoms with van der Waals surface area (Å²) >= 11 is 0. The first-order chi connectivity index (χ1) is 9.12. The van der Waals surface area contributed by atoms with Crippen LogP contribution in [0, 0.1) is 5.92 Å². The molecule has 1 aliphatic heterocycles. The summed E-state index contributed by atoms with van der Waals surface area (Å²) in [6.45, 7) is 5.58. The lowest BCUT2D eigenvalue weighted by Crippen LogP contribution is -2.43. The number of aliphatic hydroxyl groups is 1. The summed E-state index contributed by atoms with van der Waals surface area (Å²) in [6, 6.07) is 9.95. The maximum atomic E-state index is 10.6. The first kappa shape index (κ1) is 14.5. The van der Waals surface area contributed by atoms with Crippen LogP contribution in [0.1, 0.15) is 31.7 Å². The second-order valence-electron chi connectivity index (χ2n) is 5.94. The summed E-state index contributed by atoms with van der Waals surface area (Å²) in [5.41, 5.74) is 5.86. The third-order valence-corrected chi connectivity index (χ3v) is 4.21. The molecule has 19 heavy (non-hydrogen) atoms. The molecule has 1 fully saturated rings. The minimum atomic E-state index is -0.762. The quantitative estimate of drug-likeness (QED) is 0.853. The van der Waals surface area contributed by atoms with Crippen LogP contribution in [0.2, 0.25) is 0 Å². The molecule has 3 nitrogen and oxygen atoms in total. The highest BCUT2D eigenvalue weighted by Crippen LogP contribution is 2.25. The number of nitrogens with zero attached hydrogens (tertiary/aromatic N) is 1. The number of nitrogens with two attached hydrogens (primary N) is 1. The van der Waals surface area contributed by atoms with Crippen LogP contribution in [0.4, 0.5) is 0 Å². The normalized spacial score (nSPS) is 21.2. The number of hydrogen-bond acceptors (Lipinski definition) is 3. The van der Waals surface area contributed by atoms with E-state index in [1.54, 1.807) is 0 Å². The Bertz CT molecular complexity index is 370. The van der Waals surface area contributed by atoms with Gasteiger partial charge in [0.05, 0.1) is 5.60 Å². The smallest absolute Gasteiger partial charge is 0.0994 e. The van der Waals surface area contributed by atoms with Crippen molar-refractivity contribution in [2.75, 3.05) is 26.2 Å². The largest absolute Gasteiger partial charge is 0.384 e. The second kappa shape index (κ2) is 6.51. The lowest BCUT2D eigenvalue weighted by Gasteiger charge is -2.36. The van der Waals surface area contributed by atoms with Gasteiger partial charge in [-0.15, -0.1) is 0 Å². The Morgan fingerprint density at radius 1 is 1.26 bits per heavy atom. The number of rotatable bonds is 5. The van der Waals surface area contributed by atoms with Crippen LogP contribution in [-0.4, -0.2) is 36.2 Å². The third kappa shape index (κ3) is 4.03. The van der Waals surface area contributed by atoms with Crippen LogP contribution in [0.15, 0.2) is 30.3 Å². The van der Waals surface area contributed by atoms with E-state index < -0.39 is 5.60 Å². The molecule has 0 saturated carbocycles. The molecular weight excluding hydrogens is 236 g/mol. The average molecular weight is 262 g/mol. The molecular formula is C16H26N2O. The van der Waals surface area contributed by atoms with Gasteiger partial charge in [0.2, 0.25) is 0 Å². The fourth-order valence-corrected chi connectivity index (χ4v) is 2.99. The van der Waals surface area contributed by atoms with E-state index in [1.165, 1.54) is 12.8 Å². The lowest BCUT2D eigenvalue weighted by atomic mass is 9.91. The molecule has 1 saturated heterocycles. The van der Waals surface area contributed by atoms with Gasteiger partial charge in [0.25, 0.3) is 0 Å². The van der Waals surface area contributed by atoms with Gasteiger partial charge in [-0.3, -0.25) is 0 Å². The molecule has 0 spiro atoms. The molecule has 1 atom stereocenters. The summed E-state index contributed by atoms with van der Waals surface area (Å²) in [7, 11) is 0. The Morgan fingerprint density at radius 2 is 1.89 bits per heavy atom. The predicted octanol–water partition coefficient (Wildman–Crippen LogP) is 1.95. The van der Waals surface area contributed by atoms with Crippen LogP contribution >= 0.6 is 0 Å². The van der Waals surface area contributed by atoms with Crippen molar-refractivity contribution in [2.45, 2.75) is 31.8 Å². The molecule has 2 rings (SSSR count). The van der Waals surface area contributed by atoms with Gasteiger partial charge in [0.1, 0.15) is 0 Å². The predicted molar refractivity (Wildman–Crippen MR) is 78.8 cm³/mol. The van der Waals surface area contributed by atoms with Crippen molar-refractivity contribution >= 4 is 0 Å². The Balaban J connectivity index is 1.88. The van der Waals surface area contributed by atoms with Crippen LogP contribution in [0.3, 0.4) is 0 Å². The molecule has 1 unspecified atom stereocenters. The van der Waals surface area contributed by atoms with Gasteiger partial charge in [-0.2, -0.15) is 0 Å². The molecule has 0 radical (unpaired) electrons. The molecule has 1 aliphatic rings. The number of benzene rings is 1. The van der Waals surface area contributed by atoms with E-state index in [9.17, 15) is 5.11 Å². The van der Waals surface area contributed by atoms with Crippen LogP contribution in [-0.2, 0) is 5.60 Å². The number of piperidine rings is 1. The molecule has 106 valence electrons. The zero-order valence-electron chi connectivity index (χ0n) is 11.9. The van der Waals surface area contributed by atoms with E-state index in [2.05, 4.69) is 4.90 Å². The summed E-state index contributed by atoms with van der Waals surface area (Å²) in [6.07, 6.45) is 3.56. The Morgan fingerprint density at radius 3 is 2.47 bits per heavy atom. The van der Waals surface area contributed by atoms with Crippen molar-refractivity contribution in [3.8, 4) is 0 Å². The standard InChI is InChI=1S/C16H26N2O/c1-16(19,15-5-3-2-4-6-15)13-18-11-8-14(7-10-17)9-12-18/h2-6,14,19H,7-13,17H2,1H3. The zero-order chi connectivity index (χ0) is 13.7. The Hall–Kier alpha value is -0.900. The fourth-order valence-electron chi connectivity index (χ4n) is 2.99. The van der Waals surface area contributed by atoms with Gasteiger partial charge in [-0.05, 0) is 57.3 Å². The maximum Gasteiger partial charge on any atom is 0.0994 e. The first-order valence-electron chi connectivity index (χ1n) is 7.32. The molecule has 1 aromatic carbocycles. The van der Waals surface area contributed by atoms with E-state index in [0.717, 1.165) is 37.5 Å². The fraction of sp³-hybridized carbons (Fsp3) is 0.625. The first-order valence-corrected chi connectivity index (χ1v) is 7.32. The van der Waals surface area contributed by atoms with Gasteiger partial charge < -0.3 is 15.7 Å². The van der Waals surface area contributed by atoms with E-state index in [-0.39, 0.29) is 0 Å². The van der Waals surface area contributed by atoms with Gasteiger partial charge in [0, 0.05) is 6.54 Å². The molecule has 0 amide bonds. The van der Waals surface area contributed by atoms with E-state index in [1.807, 2.05) is 37.3 Å². The molecule has 1 aromatic rings. The molecule has 3 heteroatoms. The highest BCUT2D eigenvalue weighted by atomic mass is 16.3. The molecule has 3 N–H and O–H groups in total. The number of β-amino-alcohol motifs (C(OH)–C–C–N with tert-alkyl or cyclic N) is 1. The zero-order valence-corrected chi connectivity index (χ0v) is 11.9. The SMILES string of the molecule is CC(O)(CN1CCC(CCN)CC1)c1ccccc1. The minimum Gasteiger partial charge on any atom is -0.384 e. The molecule has 0 aliphatic carbocycles. The maximum absolute atomic E-state index is 10.6. The minimum absolute atomic E-state index is 0.715. The Labute approximate surface area is 116 Å². The average Bonchev–Trinajstić information content (AvgIpc) is 2.42. The van der Waals surface area contributed by atoms with Gasteiger partial charge in [-0.1, -0.05) is 30.3 Å². The van der Waals surface area contributed by atoms with Crippen molar-refractivity contribution in [3.05, 3.63) is 35.9 Å². The highest BCUT2D eigenvalue weighted by Gasteiger charge is 2.28. The van der Waals surface area contributed by atoms with Gasteiger partial charge in [-0.25, -0.2) is 0 Å². The third-order valence-electron chi connectivity index (χ3n) is 4.21. The lowest BCUT2D eigenvalue weighted by molar-refractivity contribution is 0.00545. The van der Waals surface area contributed by atoms with Gasteiger partial charge >= 0.3 is 0 Å². The van der Waals surface area contributed by atoms with Crippen molar-refractivity contribution < 1.29 is 5.11 Å². The van der Waals surface area contributed by atoms with Gasteiger partial charge in [0.15, 0.2) is 0 Å². The monoisotopic (exact) mass is 262 g/mol. The second-order valence-corrected chi connectivity index (χ2v) is 5.94. The molecule has 0 bridgehead atoms. The summed E-state index contributed by atoms with van der Waals surface area (Å²) in [5, 5.41) is 10.6. The van der Waals surface area contributed by atoms with Crippen molar-refractivity contribution in [1.29, 1.82) is 0 Å². The van der Waals surface area contributed by atoms with Crippen molar-refractivity contribution in [1.82, 2.24) is 4.90 Å². The van der Waals surface area contributed by atoms with Crippen molar-refractivity contribution in [3.63, 3.8) is 0 Å². The van der Waals surface area contributed by atoms with Crippen LogP contribution in [0.25, 0.3) is 0 Å². The molecule has 1 heterocycles. The molecule has 0 aromatic heterocycles. The van der Waals surface area contributed by atoms with Crippen LogP contribution < -0.4 is 5.73 Å². The summed E-state index contributed by atoms with van der Waals surface area (Å²) < 4.78 is 0. The summed E-state index contributed by atoms with van der Waals surface area (Å²) in [4.78, 5) is 2.38. The summed E-state index contributed by atoms with van der Waals surface area (Å²) in [5.74, 6) is 0.780. The van der Waals surface area contributed by atoms with Crippen molar-refractivity contribution in [2.24, 2.45) is 11.7 Å². The van der Waals surface area contributed by atoms with Crippen LogP contribution in [0.5, 0.6) is 0 Å². The highest BCUT2D eigenvalue weighted by molar-refractivity contribution is 5.21. The van der Waals surface area contributed by atoms with E-state index in [4.69, 9.17) is 5.73 Å².